The maximum atomic E-state index is 17.0. The number of aryl methyl sites for hydroxylation is 1. The predicted octanol–water partition coefficient (Wildman–Crippen LogP) is 4.54. The number of benzene rings is 1. The summed E-state index contributed by atoms with van der Waals surface area (Å²) in [6.07, 6.45) is -2.73. The molecule has 2 unspecified atom stereocenters. The van der Waals surface area contributed by atoms with Gasteiger partial charge in [-0.15, -0.1) is 0 Å². The molecule has 32 nitrogen and oxygen atoms in total. The Kier molecular flexibility index (Phi) is 23.9. The van der Waals surface area contributed by atoms with Crippen molar-refractivity contribution in [2.75, 3.05) is 49.7 Å². The monoisotopic (exact) mass is 1380 g/mol. The second-order valence-corrected chi connectivity index (χ2v) is 29.5. The molecule has 5 aromatic rings. The average Bonchev–Trinajstić information content (AvgIpc) is 1.63. The number of ether oxygens (including phenoxy) is 2. The number of hydrogen-bond donors (Lipinski definition) is 9. The standard InChI is InChI=1S/C55H72F2N16O16P2S2/c1-30(2)42(70-37(75)12-5-3-7-20-60-36(74)11-6-4-8-22-71-38(76)17-18-39(71)77)52(80)69-33(10-9-21-61-55(59)81)50(78)68-32-15-13-31(14-16-32)19-23-93-91(83)85-25-35-45(40(56)53(87-35)72-28-66-43-47(58)62-26-63-48(43)72)88-90(82,92)84-24-34-46(89-91)41(57)54(86-34)73-29-67-44-49(73)64-27-65-51(44)79/h13-18,26-30,33-35,40-42,45-46,53-54H,3-12,19-25H2,1-2H3,(H,60,74)(H,68,78)(H,69,80)(H,70,75)(H,82,92)(H2,58,62,63)(H3,59,61,81)(H,64,65,79)/t33-,34+,35+,40+,41+,42-,45+,46+,53+,54+,90?,91?/m0/s1. The van der Waals surface area contributed by atoms with Crippen LogP contribution in [-0.2, 0) is 71.9 Å². The molecule has 4 aromatic heterocycles. The van der Waals surface area contributed by atoms with Crippen LogP contribution in [0.3, 0.4) is 0 Å². The highest BCUT2D eigenvalue weighted by atomic mass is 32.7. The number of nitrogens with one attached hydrogen (secondary N) is 5. The molecule has 3 saturated heterocycles. The van der Waals surface area contributed by atoms with E-state index >= 15 is 13.3 Å². The van der Waals surface area contributed by atoms with Gasteiger partial charge in [-0.1, -0.05) is 51.1 Å². The van der Waals surface area contributed by atoms with Gasteiger partial charge < -0.3 is 52.6 Å². The Labute approximate surface area is 539 Å². The maximum Gasteiger partial charge on any atom is 0.389 e. The van der Waals surface area contributed by atoms with E-state index in [0.29, 0.717) is 80.7 Å². The van der Waals surface area contributed by atoms with Gasteiger partial charge in [0.1, 0.15) is 54.7 Å². The van der Waals surface area contributed by atoms with Crippen LogP contribution in [0.1, 0.15) is 96.1 Å². The minimum absolute atomic E-state index is 0.00638. The molecule has 9 rings (SSSR count). The smallest absolute Gasteiger partial charge is 0.389 e. The number of thiol groups is 1. The van der Waals surface area contributed by atoms with E-state index < -0.39 is 118 Å². The molecule has 0 saturated carbocycles. The van der Waals surface area contributed by atoms with Crippen molar-refractivity contribution in [3.05, 3.63) is 67.3 Å². The number of urea groups is 1. The zero-order valence-electron chi connectivity index (χ0n) is 50.4. The van der Waals surface area contributed by atoms with Crippen LogP contribution < -0.4 is 38.1 Å². The fraction of sp³-hybridized carbons (Fsp3) is 0.545. The van der Waals surface area contributed by atoms with Gasteiger partial charge in [-0.05, 0) is 79.9 Å². The van der Waals surface area contributed by atoms with Crippen molar-refractivity contribution in [2.24, 2.45) is 11.7 Å². The van der Waals surface area contributed by atoms with Gasteiger partial charge in [0.15, 0.2) is 47.4 Å². The number of carbonyl (C=O) groups is 7. The first-order valence-electron chi connectivity index (χ1n) is 29.9. The van der Waals surface area contributed by atoms with Gasteiger partial charge in [0.05, 0.1) is 25.9 Å². The van der Waals surface area contributed by atoms with Crippen LogP contribution in [0, 0.1) is 5.92 Å². The number of amides is 8. The molecule has 8 amide bonds. The highest BCUT2D eigenvalue weighted by Crippen LogP contribution is 2.65. The highest BCUT2D eigenvalue weighted by Gasteiger charge is 2.55. The molecule has 0 aliphatic carbocycles. The topological polar surface area (TPSA) is 432 Å². The number of halogens is 2. The van der Waals surface area contributed by atoms with Crippen LogP contribution in [-0.4, -0.2) is 178 Å². The lowest BCUT2D eigenvalue weighted by molar-refractivity contribution is -0.137. The number of imide groups is 1. The largest absolute Gasteiger partial charge is 0.492 e. The minimum Gasteiger partial charge on any atom is -0.492 e. The molecule has 3 fully saturated rings. The van der Waals surface area contributed by atoms with E-state index in [-0.39, 0.29) is 89.8 Å². The number of anilines is 2. The van der Waals surface area contributed by atoms with Crippen LogP contribution in [0.5, 0.6) is 5.88 Å². The summed E-state index contributed by atoms with van der Waals surface area (Å²) in [6, 6.07) is 3.53. The van der Waals surface area contributed by atoms with E-state index in [0.717, 1.165) is 23.5 Å². The number of imidazole rings is 2. The van der Waals surface area contributed by atoms with Crippen molar-refractivity contribution in [1.29, 1.82) is 0 Å². The first kappa shape index (κ1) is 70.1. The van der Waals surface area contributed by atoms with Crippen LogP contribution in [0.25, 0.3) is 22.3 Å². The Morgan fingerprint density at radius 3 is 2.01 bits per heavy atom. The Morgan fingerprint density at radius 2 is 1.34 bits per heavy atom. The van der Waals surface area contributed by atoms with Crippen molar-refractivity contribution in [3.8, 4) is 5.88 Å². The third kappa shape index (κ3) is 18.2. The zero-order chi connectivity index (χ0) is 66.6. The molecule has 504 valence electrons. The van der Waals surface area contributed by atoms with Crippen molar-refractivity contribution in [2.45, 2.75) is 146 Å². The van der Waals surface area contributed by atoms with E-state index in [4.69, 9.17) is 39.0 Å². The summed E-state index contributed by atoms with van der Waals surface area (Å²) in [7, 11) is 0. The van der Waals surface area contributed by atoms with Gasteiger partial charge in [-0.3, -0.25) is 60.9 Å². The van der Waals surface area contributed by atoms with E-state index in [1.54, 1.807) is 38.1 Å². The lowest BCUT2D eigenvalue weighted by Gasteiger charge is -2.29. The number of hydrogen-bond acceptors (Lipinski definition) is 24. The second kappa shape index (κ2) is 31.8. The van der Waals surface area contributed by atoms with E-state index in [1.807, 2.05) is 0 Å². The average molecular weight is 1380 g/mol. The van der Waals surface area contributed by atoms with Gasteiger partial charge >= 0.3 is 19.6 Å². The number of nitrogen functional groups attached to an aromatic ring is 1. The van der Waals surface area contributed by atoms with Crippen LogP contribution in [0.15, 0.2) is 61.7 Å². The molecule has 0 radical (unpaired) electrons. The quantitative estimate of drug-likeness (QED) is 0.0144. The number of fused-ring (bicyclic) bond motifs is 4. The normalized spacial score (nSPS) is 25.5. The van der Waals surface area contributed by atoms with Crippen LogP contribution >= 0.6 is 37.2 Å². The molecule has 0 spiro atoms. The molecule has 4 aliphatic heterocycles. The number of rotatable bonds is 28. The summed E-state index contributed by atoms with van der Waals surface area (Å²) in [5.41, 5.74) is 12.3. The Bertz CT molecular complexity index is 3640. The molecule has 0 bridgehead atoms. The van der Waals surface area contributed by atoms with Gasteiger partial charge in [0.25, 0.3) is 11.8 Å². The Balaban J connectivity index is 0.804. The number of aromatic hydroxyl groups is 1. The lowest BCUT2D eigenvalue weighted by atomic mass is 10.0. The minimum atomic E-state index is -4.63. The fourth-order valence-electron chi connectivity index (χ4n) is 10.6. The SMILES string of the molecule is CC(C)[C@H](NC(=O)CCCCCNC(=O)CCCCCN1C(=O)C=CC1=O)C(=O)N[C@@H](CCCNC(N)=O)C(=O)Nc1ccc(CCSP2(=O)OC[C@H]3O[C@@H](n4cnc5c(N)ncnc54)[C@H](F)[C@@H]3OP(=O)(S)OC[C@H]3O[C@@H](n4cnc5c(O)ncnc54)[C@H](F)[C@@H]3O2)cc1. The number of carbonyl (C=O) groups excluding carboxylic acids is 7. The first-order chi connectivity index (χ1) is 44.5. The first-order valence-corrected chi connectivity index (χ1v) is 35.8. The summed E-state index contributed by atoms with van der Waals surface area (Å²) < 4.78 is 101. The van der Waals surface area contributed by atoms with Gasteiger partial charge in [-0.25, -0.2) is 47.6 Å². The molecule has 4 aliphatic rings. The number of primary amides is 1. The van der Waals surface area contributed by atoms with Crippen molar-refractivity contribution >= 4 is 113 Å². The van der Waals surface area contributed by atoms with Crippen molar-refractivity contribution in [1.82, 2.24) is 65.2 Å². The molecule has 10 N–H and O–H groups in total. The summed E-state index contributed by atoms with van der Waals surface area (Å²) in [4.78, 5) is 113. The molecule has 93 heavy (non-hydrogen) atoms. The summed E-state index contributed by atoms with van der Waals surface area (Å²) in [5.74, 6) is -3.35. The summed E-state index contributed by atoms with van der Waals surface area (Å²) >= 11 is 4.78. The van der Waals surface area contributed by atoms with Crippen LogP contribution in [0.4, 0.5) is 25.1 Å². The summed E-state index contributed by atoms with van der Waals surface area (Å²) in [6.45, 7) is -6.45. The van der Waals surface area contributed by atoms with E-state index in [2.05, 4.69) is 68.7 Å². The predicted molar refractivity (Wildman–Crippen MR) is 333 cm³/mol. The molecular weight excluding hydrogens is 1300 g/mol. The number of unbranched alkanes of at least 4 members (excludes halogenated alkanes) is 4. The third-order valence-electron chi connectivity index (χ3n) is 15.4. The van der Waals surface area contributed by atoms with Crippen LogP contribution in [0.2, 0.25) is 0 Å². The molecule has 38 heteroatoms. The second-order valence-electron chi connectivity index (χ2n) is 22.5. The zero-order valence-corrected chi connectivity index (χ0v) is 53.9. The van der Waals surface area contributed by atoms with Gasteiger partial charge in [0, 0.05) is 56.1 Å². The van der Waals surface area contributed by atoms with Crippen molar-refractivity contribution < 1.29 is 84.1 Å². The number of nitrogens with two attached hydrogens (primary N) is 2. The molecule has 12 atom stereocenters. The lowest BCUT2D eigenvalue weighted by Crippen LogP contribution is -2.54. The maximum absolute atomic E-state index is 17.0. The van der Waals surface area contributed by atoms with E-state index in [9.17, 15) is 43.2 Å². The van der Waals surface area contributed by atoms with E-state index in [1.165, 1.54) is 27.9 Å². The molecule has 1 aromatic carbocycles. The van der Waals surface area contributed by atoms with Gasteiger partial charge in [0.2, 0.25) is 29.5 Å². The molecular formula is C55H72F2N16O16P2S2. The van der Waals surface area contributed by atoms with Crippen molar-refractivity contribution in [3.63, 3.8) is 0 Å². The number of alkyl halides is 2. The van der Waals surface area contributed by atoms with Gasteiger partial charge in [-0.2, -0.15) is 4.98 Å². The number of nitrogens with zero attached hydrogens (tertiary/aromatic N) is 9. The number of aromatic nitrogens is 8. The highest BCUT2D eigenvalue weighted by molar-refractivity contribution is 8.55. The Hall–Kier alpha value is -7.27. The third-order valence-corrected chi connectivity index (χ3v) is 20.8. The fourth-order valence-corrected chi connectivity index (χ4v) is 15.5. The summed E-state index contributed by atoms with van der Waals surface area (Å²) in [5, 5.41) is 24.0. The Morgan fingerprint density at radius 1 is 0.742 bits per heavy atom. The molecule has 8 heterocycles.